The summed E-state index contributed by atoms with van der Waals surface area (Å²) in [6.45, 7) is 0. The Kier molecular flexibility index (Phi) is 6.28. The Hall–Kier alpha value is -4.98. The first kappa shape index (κ1) is 24.4. The Morgan fingerprint density at radius 3 is 2.31 bits per heavy atom. The van der Waals surface area contributed by atoms with Gasteiger partial charge in [-0.15, -0.1) is 0 Å². The van der Waals surface area contributed by atoms with E-state index in [-0.39, 0.29) is 17.4 Å². The highest BCUT2D eigenvalue weighted by Crippen LogP contribution is 2.49. The number of rotatable bonds is 7. The molecule has 0 aliphatic carbocycles. The summed E-state index contributed by atoms with van der Waals surface area (Å²) in [6, 6.07) is 28.4. The number of hydrazone groups is 1. The molecule has 2 atom stereocenters. The van der Waals surface area contributed by atoms with Crippen molar-refractivity contribution in [1.82, 2.24) is 5.01 Å². The number of aromatic carboxylic acids is 1. The molecule has 0 aromatic heterocycles. The number of hydrogen-bond acceptors (Lipinski definition) is 7. The number of carboxylic acids is 1. The lowest BCUT2D eigenvalue weighted by Gasteiger charge is -2.38. The lowest BCUT2D eigenvalue weighted by molar-refractivity contribution is -0.0199. The summed E-state index contributed by atoms with van der Waals surface area (Å²) in [5, 5.41) is 17.0. The minimum atomic E-state index is -1.14. The zero-order chi connectivity index (χ0) is 26.9. The standard InChI is InChI=1S/C31H26N2O6/c1-36-27-17-16-23(28(31(34)35)29(27)37-2)30-33-25(22-10-6-7-11-26(22)39-30)18-24(32-33)19-12-14-21(15-13-19)38-20-8-4-3-5-9-20/h3-17,25,30H,18H2,1-2H3,(H,34,35). The van der Waals surface area contributed by atoms with Crippen molar-refractivity contribution >= 4 is 11.7 Å². The van der Waals surface area contributed by atoms with Crippen LogP contribution in [0.25, 0.3) is 0 Å². The molecule has 2 unspecified atom stereocenters. The minimum absolute atomic E-state index is 0.0222. The van der Waals surface area contributed by atoms with Gasteiger partial charge in [-0.1, -0.05) is 36.4 Å². The fourth-order valence-corrected chi connectivity index (χ4v) is 5.12. The first-order valence-corrected chi connectivity index (χ1v) is 12.5. The number of nitrogens with zero attached hydrogens (tertiary/aromatic N) is 2. The van der Waals surface area contributed by atoms with E-state index in [2.05, 4.69) is 0 Å². The van der Waals surface area contributed by atoms with E-state index in [4.69, 9.17) is 24.0 Å². The lowest BCUT2D eigenvalue weighted by Crippen LogP contribution is -2.34. The maximum atomic E-state index is 12.4. The third-order valence-electron chi connectivity index (χ3n) is 6.92. The van der Waals surface area contributed by atoms with Gasteiger partial charge in [0.15, 0.2) is 11.5 Å². The smallest absolute Gasteiger partial charge is 0.340 e. The fourth-order valence-electron chi connectivity index (χ4n) is 5.12. The molecule has 2 heterocycles. The minimum Gasteiger partial charge on any atom is -0.493 e. The van der Waals surface area contributed by atoms with Gasteiger partial charge < -0.3 is 24.1 Å². The molecule has 0 saturated carbocycles. The number of fused-ring (bicyclic) bond motifs is 3. The zero-order valence-corrected chi connectivity index (χ0v) is 21.4. The molecule has 8 nitrogen and oxygen atoms in total. The maximum absolute atomic E-state index is 12.4. The van der Waals surface area contributed by atoms with Gasteiger partial charge in [0.25, 0.3) is 0 Å². The van der Waals surface area contributed by atoms with Gasteiger partial charge in [0.05, 0.1) is 26.0 Å². The molecule has 8 heteroatoms. The van der Waals surface area contributed by atoms with Crippen LogP contribution in [0.4, 0.5) is 0 Å². The molecule has 0 spiro atoms. The molecular formula is C31H26N2O6. The monoisotopic (exact) mass is 522 g/mol. The van der Waals surface area contributed by atoms with Crippen molar-refractivity contribution in [2.75, 3.05) is 14.2 Å². The van der Waals surface area contributed by atoms with Crippen molar-refractivity contribution in [3.05, 3.63) is 113 Å². The molecule has 0 radical (unpaired) electrons. The number of hydrogen-bond donors (Lipinski definition) is 1. The molecule has 39 heavy (non-hydrogen) atoms. The number of benzene rings is 4. The van der Waals surface area contributed by atoms with Gasteiger partial charge in [0.2, 0.25) is 6.23 Å². The van der Waals surface area contributed by atoms with Crippen LogP contribution in [-0.4, -0.2) is 36.0 Å². The van der Waals surface area contributed by atoms with Gasteiger partial charge in [-0.25, -0.2) is 9.80 Å². The summed E-state index contributed by atoms with van der Waals surface area (Å²) in [5.41, 5.74) is 3.22. The van der Waals surface area contributed by atoms with Crippen LogP contribution < -0.4 is 18.9 Å². The number of methoxy groups -OCH3 is 2. The summed E-state index contributed by atoms with van der Waals surface area (Å²) < 4.78 is 23.2. The second-order valence-corrected chi connectivity index (χ2v) is 9.16. The van der Waals surface area contributed by atoms with Crippen LogP contribution in [0.5, 0.6) is 28.7 Å². The molecule has 196 valence electrons. The summed E-state index contributed by atoms with van der Waals surface area (Å²) >= 11 is 0. The van der Waals surface area contributed by atoms with E-state index in [0.29, 0.717) is 23.5 Å². The van der Waals surface area contributed by atoms with Gasteiger partial charge in [-0.05, 0) is 60.2 Å². The predicted molar refractivity (Wildman–Crippen MR) is 145 cm³/mol. The summed E-state index contributed by atoms with van der Waals surface area (Å²) in [7, 11) is 2.89. The van der Waals surface area contributed by atoms with Gasteiger partial charge in [-0.2, -0.15) is 5.10 Å². The lowest BCUT2D eigenvalue weighted by atomic mass is 9.95. The number of para-hydroxylation sites is 2. The van der Waals surface area contributed by atoms with Crippen molar-refractivity contribution in [2.45, 2.75) is 18.7 Å². The van der Waals surface area contributed by atoms with Crippen LogP contribution in [0.1, 0.15) is 45.7 Å². The SMILES string of the molecule is COc1ccc(C2Oc3ccccc3C3CC(c4ccc(Oc5ccccc5)cc4)=NN32)c(C(=O)O)c1OC. The van der Waals surface area contributed by atoms with E-state index in [1.165, 1.54) is 14.2 Å². The molecule has 0 bridgehead atoms. The van der Waals surface area contributed by atoms with Crippen molar-refractivity contribution in [3.8, 4) is 28.7 Å². The van der Waals surface area contributed by atoms with Crippen LogP contribution in [0.2, 0.25) is 0 Å². The first-order valence-electron chi connectivity index (χ1n) is 12.5. The Morgan fingerprint density at radius 2 is 1.59 bits per heavy atom. The molecule has 6 rings (SSSR count). The van der Waals surface area contributed by atoms with E-state index in [1.54, 1.807) is 12.1 Å². The molecule has 4 aromatic carbocycles. The second kappa shape index (κ2) is 10.1. The van der Waals surface area contributed by atoms with Crippen molar-refractivity contribution in [1.29, 1.82) is 0 Å². The van der Waals surface area contributed by atoms with Crippen LogP contribution in [0.15, 0.2) is 96.1 Å². The van der Waals surface area contributed by atoms with Gasteiger partial charge in [0, 0.05) is 17.5 Å². The highest BCUT2D eigenvalue weighted by atomic mass is 16.5. The predicted octanol–water partition coefficient (Wildman–Crippen LogP) is 6.44. The van der Waals surface area contributed by atoms with E-state index >= 15 is 0 Å². The molecule has 0 amide bonds. The molecule has 0 fully saturated rings. The highest BCUT2D eigenvalue weighted by molar-refractivity contribution is 6.02. The van der Waals surface area contributed by atoms with E-state index in [1.807, 2.05) is 83.9 Å². The average molecular weight is 523 g/mol. The Bertz CT molecular complexity index is 1550. The Morgan fingerprint density at radius 1 is 0.872 bits per heavy atom. The van der Waals surface area contributed by atoms with E-state index < -0.39 is 12.2 Å². The van der Waals surface area contributed by atoms with Gasteiger partial charge in [0.1, 0.15) is 22.8 Å². The van der Waals surface area contributed by atoms with E-state index in [9.17, 15) is 9.90 Å². The molecule has 2 aliphatic rings. The number of carboxylic acid groups (broad SMARTS) is 1. The average Bonchev–Trinajstić information content (AvgIpc) is 3.43. The normalized spacial score (nSPS) is 17.4. The fraction of sp³-hybridized carbons (Fsp3) is 0.161. The largest absolute Gasteiger partial charge is 0.493 e. The highest BCUT2D eigenvalue weighted by Gasteiger charge is 2.43. The summed E-state index contributed by atoms with van der Waals surface area (Å²) in [4.78, 5) is 12.4. The van der Waals surface area contributed by atoms with Gasteiger partial charge in [-0.3, -0.25) is 0 Å². The van der Waals surface area contributed by atoms with E-state index in [0.717, 1.165) is 28.3 Å². The number of ether oxygens (including phenoxy) is 4. The quantitative estimate of drug-likeness (QED) is 0.299. The zero-order valence-electron chi connectivity index (χ0n) is 21.4. The molecule has 1 N–H and O–H groups in total. The molecule has 4 aromatic rings. The topological polar surface area (TPSA) is 89.8 Å². The summed E-state index contributed by atoms with van der Waals surface area (Å²) in [6.07, 6.45) is -0.153. The number of carbonyl (C=O) groups is 1. The Labute approximate surface area is 225 Å². The third-order valence-corrected chi connectivity index (χ3v) is 6.92. The summed E-state index contributed by atoms with van der Waals surface area (Å²) in [5.74, 6) is 1.51. The molecular weight excluding hydrogens is 496 g/mol. The van der Waals surface area contributed by atoms with Crippen molar-refractivity contribution < 1.29 is 28.8 Å². The van der Waals surface area contributed by atoms with Gasteiger partial charge >= 0.3 is 5.97 Å². The first-order chi connectivity index (χ1) is 19.1. The van der Waals surface area contributed by atoms with Crippen LogP contribution in [0, 0.1) is 0 Å². The Balaban J connectivity index is 1.38. The van der Waals surface area contributed by atoms with Crippen molar-refractivity contribution in [3.63, 3.8) is 0 Å². The second-order valence-electron chi connectivity index (χ2n) is 9.16. The maximum Gasteiger partial charge on any atom is 0.340 e. The van der Waals surface area contributed by atoms with Crippen LogP contribution >= 0.6 is 0 Å². The third kappa shape index (κ3) is 4.40. The molecule has 2 aliphatic heterocycles. The van der Waals surface area contributed by atoms with Crippen molar-refractivity contribution in [2.24, 2.45) is 5.10 Å². The van der Waals surface area contributed by atoms with Crippen LogP contribution in [0.3, 0.4) is 0 Å². The molecule has 0 saturated heterocycles. The van der Waals surface area contributed by atoms with Crippen LogP contribution in [-0.2, 0) is 0 Å².